The molecule has 140 valence electrons. The van der Waals surface area contributed by atoms with Crippen molar-refractivity contribution in [3.63, 3.8) is 0 Å². The summed E-state index contributed by atoms with van der Waals surface area (Å²) < 4.78 is 13.7. The Balaban J connectivity index is 1.83. The number of thiophene rings is 1. The standard InChI is InChI=1S/C19H19FN4O2S/c20-15-6-2-1-4-12(15)7-8-14-10-16(24-19(21)26)17(27-14)18(25)23-13-5-3-9-22-11-13/h1-2,4,6,10,13,22H,3,5,9,11H2,(H,23,25)(H3,21,24,26)/t13-/m0/s1. The highest BCUT2D eigenvalue weighted by Crippen LogP contribution is 2.27. The summed E-state index contributed by atoms with van der Waals surface area (Å²) in [6, 6.07) is 7.01. The largest absolute Gasteiger partial charge is 0.351 e. The molecule has 0 unspecified atom stereocenters. The third kappa shape index (κ3) is 5.06. The highest BCUT2D eigenvalue weighted by Gasteiger charge is 2.21. The van der Waals surface area contributed by atoms with Gasteiger partial charge in [0.2, 0.25) is 0 Å². The van der Waals surface area contributed by atoms with Crippen LogP contribution in [0.2, 0.25) is 0 Å². The Labute approximate surface area is 160 Å². The Kier molecular flexibility index (Phi) is 6.06. The number of piperidine rings is 1. The van der Waals surface area contributed by atoms with E-state index in [2.05, 4.69) is 27.8 Å². The van der Waals surface area contributed by atoms with Gasteiger partial charge in [-0.25, -0.2) is 9.18 Å². The third-order valence-corrected chi connectivity index (χ3v) is 5.07. The lowest BCUT2D eigenvalue weighted by Gasteiger charge is -2.23. The summed E-state index contributed by atoms with van der Waals surface area (Å²) in [4.78, 5) is 24.7. The number of benzene rings is 1. The number of hydrogen-bond acceptors (Lipinski definition) is 4. The van der Waals surface area contributed by atoms with Crippen molar-refractivity contribution in [1.82, 2.24) is 10.6 Å². The van der Waals surface area contributed by atoms with E-state index in [4.69, 9.17) is 5.73 Å². The molecule has 0 radical (unpaired) electrons. The number of rotatable bonds is 3. The van der Waals surface area contributed by atoms with E-state index >= 15 is 0 Å². The van der Waals surface area contributed by atoms with Gasteiger partial charge < -0.3 is 21.7 Å². The van der Waals surface area contributed by atoms with Gasteiger partial charge >= 0.3 is 6.03 Å². The van der Waals surface area contributed by atoms with E-state index in [1.807, 2.05) is 0 Å². The van der Waals surface area contributed by atoms with Gasteiger partial charge in [0.05, 0.1) is 16.1 Å². The van der Waals surface area contributed by atoms with Crippen LogP contribution in [0, 0.1) is 17.7 Å². The van der Waals surface area contributed by atoms with E-state index in [0.29, 0.717) is 22.0 Å². The second-order valence-corrected chi connectivity index (χ2v) is 7.14. The van der Waals surface area contributed by atoms with Gasteiger partial charge in [-0.05, 0) is 37.6 Å². The lowest BCUT2D eigenvalue weighted by molar-refractivity contribution is 0.0935. The Morgan fingerprint density at radius 3 is 2.81 bits per heavy atom. The predicted octanol–water partition coefficient (Wildman–Crippen LogP) is 2.26. The van der Waals surface area contributed by atoms with Crippen LogP contribution in [-0.4, -0.2) is 31.1 Å². The van der Waals surface area contributed by atoms with Crippen LogP contribution in [0.1, 0.15) is 33.0 Å². The fraction of sp³-hybridized carbons (Fsp3) is 0.263. The maximum atomic E-state index is 13.7. The summed E-state index contributed by atoms with van der Waals surface area (Å²) in [5, 5.41) is 8.63. The average Bonchev–Trinajstić information content (AvgIpc) is 3.04. The van der Waals surface area contributed by atoms with Gasteiger partial charge in [-0.2, -0.15) is 0 Å². The molecular formula is C19H19FN4O2S. The van der Waals surface area contributed by atoms with Crippen LogP contribution in [0.15, 0.2) is 30.3 Å². The quantitative estimate of drug-likeness (QED) is 0.609. The van der Waals surface area contributed by atoms with E-state index in [-0.39, 0.29) is 17.5 Å². The van der Waals surface area contributed by atoms with Gasteiger partial charge in [-0.3, -0.25) is 4.79 Å². The van der Waals surface area contributed by atoms with Crippen molar-refractivity contribution in [2.45, 2.75) is 18.9 Å². The number of urea groups is 1. The van der Waals surface area contributed by atoms with Crippen LogP contribution in [0.4, 0.5) is 14.9 Å². The molecule has 1 aliphatic heterocycles. The maximum absolute atomic E-state index is 13.7. The van der Waals surface area contributed by atoms with Crippen LogP contribution in [0.5, 0.6) is 0 Å². The summed E-state index contributed by atoms with van der Waals surface area (Å²) in [5.41, 5.74) is 5.76. The van der Waals surface area contributed by atoms with Gasteiger partial charge in [0.25, 0.3) is 5.91 Å². The van der Waals surface area contributed by atoms with Crippen LogP contribution in [-0.2, 0) is 0 Å². The number of carbonyl (C=O) groups is 2. The zero-order valence-corrected chi connectivity index (χ0v) is 15.3. The summed E-state index contributed by atoms with van der Waals surface area (Å²) in [7, 11) is 0. The molecule has 1 aliphatic rings. The molecule has 0 aliphatic carbocycles. The highest BCUT2D eigenvalue weighted by molar-refractivity contribution is 7.15. The first-order chi connectivity index (χ1) is 13.0. The molecule has 0 spiro atoms. The van der Waals surface area contributed by atoms with E-state index in [9.17, 15) is 14.0 Å². The summed E-state index contributed by atoms with van der Waals surface area (Å²) in [6.07, 6.45) is 1.88. The van der Waals surface area contributed by atoms with E-state index in [0.717, 1.165) is 30.7 Å². The monoisotopic (exact) mass is 386 g/mol. The molecule has 1 saturated heterocycles. The molecule has 0 bridgehead atoms. The van der Waals surface area contributed by atoms with Gasteiger partial charge in [0.1, 0.15) is 10.7 Å². The molecular weight excluding hydrogens is 367 g/mol. The van der Waals surface area contributed by atoms with Crippen LogP contribution >= 0.6 is 11.3 Å². The number of halogens is 1. The molecule has 1 fully saturated rings. The van der Waals surface area contributed by atoms with Crippen molar-refractivity contribution in [2.24, 2.45) is 5.73 Å². The van der Waals surface area contributed by atoms with Gasteiger partial charge in [-0.15, -0.1) is 11.3 Å². The first-order valence-electron chi connectivity index (χ1n) is 8.51. The zero-order chi connectivity index (χ0) is 19.2. The summed E-state index contributed by atoms with van der Waals surface area (Å²) in [6.45, 7) is 1.64. The fourth-order valence-corrected chi connectivity index (χ4v) is 3.63. The predicted molar refractivity (Wildman–Crippen MR) is 103 cm³/mol. The molecule has 0 saturated carbocycles. The second kappa shape index (κ2) is 8.66. The molecule has 8 heteroatoms. The number of nitrogens with two attached hydrogens (primary N) is 1. The minimum atomic E-state index is -0.769. The lowest BCUT2D eigenvalue weighted by atomic mass is 10.1. The Morgan fingerprint density at radius 1 is 1.30 bits per heavy atom. The first-order valence-corrected chi connectivity index (χ1v) is 9.33. The average molecular weight is 386 g/mol. The molecule has 3 rings (SSSR count). The van der Waals surface area contributed by atoms with Crippen molar-refractivity contribution < 1.29 is 14.0 Å². The lowest BCUT2D eigenvalue weighted by Crippen LogP contribution is -2.45. The molecule has 2 heterocycles. The zero-order valence-electron chi connectivity index (χ0n) is 14.5. The van der Waals surface area contributed by atoms with Gasteiger partial charge in [-0.1, -0.05) is 24.0 Å². The fourth-order valence-electron chi connectivity index (χ4n) is 2.76. The molecule has 2 aromatic rings. The molecule has 27 heavy (non-hydrogen) atoms. The molecule has 1 atom stereocenters. The normalized spacial score (nSPS) is 16.1. The summed E-state index contributed by atoms with van der Waals surface area (Å²) >= 11 is 1.12. The Morgan fingerprint density at radius 2 is 2.11 bits per heavy atom. The first kappa shape index (κ1) is 18.9. The number of anilines is 1. The molecule has 1 aromatic carbocycles. The van der Waals surface area contributed by atoms with Crippen LogP contribution in [0.3, 0.4) is 0 Å². The smallest absolute Gasteiger partial charge is 0.316 e. The maximum Gasteiger partial charge on any atom is 0.316 e. The number of hydrogen-bond donors (Lipinski definition) is 4. The van der Waals surface area contributed by atoms with Crippen LogP contribution in [0.25, 0.3) is 0 Å². The Hall–Kier alpha value is -2.89. The van der Waals surface area contributed by atoms with Crippen molar-refractivity contribution in [1.29, 1.82) is 0 Å². The molecule has 3 amide bonds. The van der Waals surface area contributed by atoms with Gasteiger partial charge in [0, 0.05) is 12.6 Å². The SMILES string of the molecule is NC(=O)Nc1cc(C#Cc2ccccc2F)sc1C(=O)N[C@H]1CCCNC1. The van der Waals surface area contributed by atoms with Gasteiger partial charge in [0.15, 0.2) is 0 Å². The van der Waals surface area contributed by atoms with Crippen molar-refractivity contribution in [3.05, 3.63) is 51.5 Å². The van der Waals surface area contributed by atoms with E-state index in [1.165, 1.54) is 6.07 Å². The number of nitrogens with one attached hydrogen (secondary N) is 3. The number of amides is 3. The van der Waals surface area contributed by atoms with Crippen molar-refractivity contribution in [2.75, 3.05) is 18.4 Å². The second-order valence-electron chi connectivity index (χ2n) is 6.09. The van der Waals surface area contributed by atoms with Crippen molar-refractivity contribution >= 4 is 29.0 Å². The van der Waals surface area contributed by atoms with Crippen molar-refractivity contribution in [3.8, 4) is 11.8 Å². The molecule has 6 nitrogen and oxygen atoms in total. The molecule has 1 aromatic heterocycles. The van der Waals surface area contributed by atoms with E-state index in [1.54, 1.807) is 24.3 Å². The number of carbonyl (C=O) groups excluding carboxylic acids is 2. The third-order valence-electron chi connectivity index (χ3n) is 4.02. The minimum Gasteiger partial charge on any atom is -0.351 e. The number of primary amides is 1. The topological polar surface area (TPSA) is 96.2 Å². The van der Waals surface area contributed by atoms with Crippen LogP contribution < -0.4 is 21.7 Å². The molecule has 5 N–H and O–H groups in total. The summed E-state index contributed by atoms with van der Waals surface area (Å²) in [5.74, 6) is 4.87. The van der Waals surface area contributed by atoms with E-state index < -0.39 is 11.8 Å². The Bertz CT molecular complexity index is 910. The highest BCUT2D eigenvalue weighted by atomic mass is 32.1. The minimum absolute atomic E-state index is 0.0303.